The van der Waals surface area contributed by atoms with Crippen LogP contribution in [0.3, 0.4) is 0 Å². The number of halogens is 2. The average molecular weight is 246 g/mol. The van der Waals surface area contributed by atoms with Crippen LogP contribution in [0.4, 0.5) is 0 Å². The van der Waals surface area contributed by atoms with Gasteiger partial charge in [-0.15, -0.1) is 0 Å². The minimum Gasteiger partial charge on any atom is -0.379 e. The summed E-state index contributed by atoms with van der Waals surface area (Å²) >= 11 is 12.2. The molecular weight excluding hydrogens is 233 g/mol. The summed E-state index contributed by atoms with van der Waals surface area (Å²) in [5, 5.41) is 1.49. The Labute approximate surface area is 99.7 Å². The van der Waals surface area contributed by atoms with Crippen LogP contribution in [-0.2, 0) is 11.3 Å². The fraction of sp³-hybridized carbons (Fsp3) is 0.455. The van der Waals surface area contributed by atoms with Crippen molar-refractivity contribution < 1.29 is 4.74 Å². The van der Waals surface area contributed by atoms with Crippen molar-refractivity contribution in [2.24, 2.45) is 0 Å². The highest BCUT2D eigenvalue weighted by Crippen LogP contribution is 2.25. The Morgan fingerprint density at radius 1 is 1.13 bits per heavy atom. The average Bonchev–Trinajstić information content (AvgIpc) is 2.25. The predicted octanol–water partition coefficient (Wildman–Crippen LogP) is 2.83. The van der Waals surface area contributed by atoms with E-state index in [1.807, 2.05) is 18.2 Å². The molecule has 1 aromatic carbocycles. The number of rotatable bonds is 2. The largest absolute Gasteiger partial charge is 0.379 e. The fourth-order valence-corrected chi connectivity index (χ4v) is 2.18. The van der Waals surface area contributed by atoms with E-state index in [1.54, 1.807) is 0 Å². The maximum absolute atomic E-state index is 6.11. The Kier molecular flexibility index (Phi) is 3.87. The molecule has 1 heterocycles. The molecule has 1 saturated heterocycles. The van der Waals surface area contributed by atoms with Crippen LogP contribution in [0, 0.1) is 0 Å². The predicted molar refractivity (Wildman–Crippen MR) is 62.6 cm³/mol. The lowest BCUT2D eigenvalue weighted by Gasteiger charge is -2.27. The van der Waals surface area contributed by atoms with Gasteiger partial charge in [0.1, 0.15) is 0 Å². The number of benzene rings is 1. The zero-order valence-corrected chi connectivity index (χ0v) is 9.89. The Morgan fingerprint density at radius 2 is 1.73 bits per heavy atom. The van der Waals surface area contributed by atoms with Gasteiger partial charge in [-0.25, -0.2) is 0 Å². The lowest BCUT2D eigenvalue weighted by Crippen LogP contribution is -2.35. The third-order valence-corrected chi connectivity index (χ3v) is 3.26. The van der Waals surface area contributed by atoms with Gasteiger partial charge in [0, 0.05) is 35.2 Å². The van der Waals surface area contributed by atoms with Crippen molar-refractivity contribution in [3.8, 4) is 0 Å². The highest BCUT2D eigenvalue weighted by Gasteiger charge is 2.14. The van der Waals surface area contributed by atoms with Gasteiger partial charge >= 0.3 is 0 Å². The van der Waals surface area contributed by atoms with Crippen molar-refractivity contribution >= 4 is 23.2 Å². The second-order valence-electron chi connectivity index (χ2n) is 3.59. The molecule has 0 amide bonds. The molecule has 1 fully saturated rings. The first-order valence-corrected chi connectivity index (χ1v) is 5.76. The van der Waals surface area contributed by atoms with Gasteiger partial charge < -0.3 is 4.74 Å². The van der Waals surface area contributed by atoms with Crippen molar-refractivity contribution in [2.45, 2.75) is 6.54 Å². The molecule has 0 bridgehead atoms. The third kappa shape index (κ3) is 2.85. The summed E-state index contributed by atoms with van der Waals surface area (Å²) in [5.41, 5.74) is 1.02. The van der Waals surface area contributed by atoms with E-state index in [0.29, 0.717) is 0 Å². The molecule has 4 heteroatoms. The molecule has 2 rings (SSSR count). The smallest absolute Gasteiger partial charge is 0.0594 e. The maximum atomic E-state index is 6.11. The van der Waals surface area contributed by atoms with E-state index in [1.165, 1.54) is 0 Å². The topological polar surface area (TPSA) is 12.5 Å². The van der Waals surface area contributed by atoms with E-state index in [-0.39, 0.29) is 0 Å². The number of nitrogens with zero attached hydrogens (tertiary/aromatic N) is 1. The summed E-state index contributed by atoms with van der Waals surface area (Å²) in [6, 6.07) is 5.62. The van der Waals surface area contributed by atoms with E-state index in [4.69, 9.17) is 27.9 Å². The van der Waals surface area contributed by atoms with Crippen LogP contribution in [0.2, 0.25) is 10.0 Å². The molecule has 0 aliphatic carbocycles. The molecule has 1 aromatic rings. The molecule has 0 aromatic heterocycles. The van der Waals surface area contributed by atoms with E-state index in [0.717, 1.165) is 48.5 Å². The molecule has 0 N–H and O–H groups in total. The standard InChI is InChI=1S/C11H13Cl2NO/c12-10-2-1-3-11(13)9(10)8-14-4-6-15-7-5-14/h1-3H,4-8H2. The van der Waals surface area contributed by atoms with Gasteiger partial charge in [0.05, 0.1) is 13.2 Å². The number of hydrogen-bond donors (Lipinski definition) is 0. The first-order valence-electron chi connectivity index (χ1n) is 5.00. The van der Waals surface area contributed by atoms with Gasteiger partial charge in [0.2, 0.25) is 0 Å². The Bertz CT molecular complexity index is 317. The van der Waals surface area contributed by atoms with Crippen molar-refractivity contribution in [3.05, 3.63) is 33.8 Å². The monoisotopic (exact) mass is 245 g/mol. The molecule has 15 heavy (non-hydrogen) atoms. The Morgan fingerprint density at radius 3 is 2.33 bits per heavy atom. The first-order chi connectivity index (χ1) is 7.27. The van der Waals surface area contributed by atoms with Gasteiger partial charge in [-0.2, -0.15) is 0 Å². The minimum atomic E-state index is 0.744. The maximum Gasteiger partial charge on any atom is 0.0594 e. The third-order valence-electron chi connectivity index (χ3n) is 2.55. The van der Waals surface area contributed by atoms with Crippen LogP contribution in [0.25, 0.3) is 0 Å². The summed E-state index contributed by atoms with van der Waals surface area (Å²) < 4.78 is 5.29. The van der Waals surface area contributed by atoms with Gasteiger partial charge in [-0.3, -0.25) is 4.90 Å². The van der Waals surface area contributed by atoms with E-state index in [9.17, 15) is 0 Å². The normalized spacial score (nSPS) is 18.0. The van der Waals surface area contributed by atoms with Gasteiger partial charge in [0.15, 0.2) is 0 Å². The lowest BCUT2D eigenvalue weighted by molar-refractivity contribution is 0.0342. The Balaban J connectivity index is 2.09. The first kappa shape index (κ1) is 11.2. The minimum absolute atomic E-state index is 0.744. The van der Waals surface area contributed by atoms with Gasteiger partial charge in [-0.05, 0) is 12.1 Å². The van der Waals surface area contributed by atoms with Gasteiger partial charge in [0.25, 0.3) is 0 Å². The van der Waals surface area contributed by atoms with Crippen LogP contribution in [0.1, 0.15) is 5.56 Å². The highest BCUT2D eigenvalue weighted by molar-refractivity contribution is 6.35. The molecule has 0 atom stereocenters. The number of morpholine rings is 1. The molecule has 0 radical (unpaired) electrons. The molecule has 1 aliphatic heterocycles. The van der Waals surface area contributed by atoms with Gasteiger partial charge in [-0.1, -0.05) is 29.3 Å². The summed E-state index contributed by atoms with van der Waals surface area (Å²) in [5.74, 6) is 0. The summed E-state index contributed by atoms with van der Waals surface area (Å²) in [4.78, 5) is 2.30. The van der Waals surface area contributed by atoms with Crippen molar-refractivity contribution in [1.82, 2.24) is 4.90 Å². The molecule has 1 aliphatic rings. The molecule has 2 nitrogen and oxygen atoms in total. The fourth-order valence-electron chi connectivity index (χ4n) is 1.67. The summed E-state index contributed by atoms with van der Waals surface area (Å²) in [6.45, 7) is 4.29. The van der Waals surface area contributed by atoms with Crippen LogP contribution in [0.5, 0.6) is 0 Å². The van der Waals surface area contributed by atoms with Crippen LogP contribution >= 0.6 is 23.2 Å². The zero-order chi connectivity index (χ0) is 10.7. The quantitative estimate of drug-likeness (QED) is 0.795. The molecule has 82 valence electrons. The second-order valence-corrected chi connectivity index (χ2v) is 4.40. The lowest BCUT2D eigenvalue weighted by atomic mass is 10.2. The zero-order valence-electron chi connectivity index (χ0n) is 8.38. The second kappa shape index (κ2) is 5.17. The number of ether oxygens (including phenoxy) is 1. The van der Waals surface area contributed by atoms with Crippen LogP contribution in [-0.4, -0.2) is 31.2 Å². The van der Waals surface area contributed by atoms with Crippen molar-refractivity contribution in [3.63, 3.8) is 0 Å². The van der Waals surface area contributed by atoms with E-state index >= 15 is 0 Å². The van der Waals surface area contributed by atoms with Crippen LogP contribution in [0.15, 0.2) is 18.2 Å². The molecular formula is C11H13Cl2NO. The van der Waals surface area contributed by atoms with E-state index < -0.39 is 0 Å². The van der Waals surface area contributed by atoms with Crippen LogP contribution < -0.4 is 0 Å². The highest BCUT2D eigenvalue weighted by atomic mass is 35.5. The molecule has 0 unspecified atom stereocenters. The molecule has 0 spiro atoms. The van der Waals surface area contributed by atoms with E-state index in [2.05, 4.69) is 4.90 Å². The molecule has 0 saturated carbocycles. The Hall–Kier alpha value is -0.280. The SMILES string of the molecule is Clc1cccc(Cl)c1CN1CCOCC1. The van der Waals surface area contributed by atoms with Crippen molar-refractivity contribution in [1.29, 1.82) is 0 Å². The summed E-state index contributed by atoms with van der Waals surface area (Å²) in [7, 11) is 0. The van der Waals surface area contributed by atoms with Crippen molar-refractivity contribution in [2.75, 3.05) is 26.3 Å². The summed E-state index contributed by atoms with van der Waals surface area (Å²) in [6.07, 6.45) is 0. The number of hydrogen-bond acceptors (Lipinski definition) is 2.